The van der Waals surface area contributed by atoms with E-state index < -0.39 is 0 Å². The molecule has 13 rings (SSSR count). The molecule has 4 nitrogen and oxygen atoms in total. The predicted molar refractivity (Wildman–Crippen MR) is 229 cm³/mol. The van der Waals surface area contributed by atoms with Crippen molar-refractivity contribution in [1.82, 2.24) is 18.9 Å². The molecule has 1 aliphatic carbocycles. The van der Waals surface area contributed by atoms with E-state index in [4.69, 9.17) is 9.97 Å². The molecule has 4 heteroatoms. The fraction of sp³-hybridized carbons (Fsp3) is 0.0588. The van der Waals surface area contributed by atoms with Crippen molar-refractivity contribution < 1.29 is 0 Å². The summed E-state index contributed by atoms with van der Waals surface area (Å²) in [6.45, 7) is 4.78. The lowest BCUT2D eigenvalue weighted by atomic mass is 9.81. The van der Waals surface area contributed by atoms with E-state index in [1.54, 1.807) is 0 Å². The molecule has 0 radical (unpaired) electrons. The first-order valence-electron chi connectivity index (χ1n) is 19.1. The smallest absolute Gasteiger partial charge is 0.165 e. The van der Waals surface area contributed by atoms with Gasteiger partial charge in [-0.2, -0.15) is 0 Å². The van der Waals surface area contributed by atoms with Crippen molar-refractivity contribution in [2.75, 3.05) is 0 Å². The van der Waals surface area contributed by atoms with Gasteiger partial charge in [-0.25, -0.2) is 9.97 Å². The van der Waals surface area contributed by atoms with Crippen LogP contribution in [0.1, 0.15) is 25.0 Å². The quantitative estimate of drug-likeness (QED) is 0.168. The van der Waals surface area contributed by atoms with Crippen LogP contribution in [-0.4, -0.2) is 18.9 Å². The first kappa shape index (κ1) is 29.4. The SMILES string of the molecule is CC1(C)c2ccccc2-c2c1cc1c3cccc4c5ccccc5n(c5cccc6c5c1c2n6-c1nc2c(ccc5ccccc52)nc1-c1ccccc1)c34. The van der Waals surface area contributed by atoms with Crippen molar-refractivity contribution >= 4 is 81.7 Å². The van der Waals surface area contributed by atoms with Crippen molar-refractivity contribution in [3.05, 3.63) is 169 Å². The zero-order chi connectivity index (χ0) is 36.2. The Kier molecular flexibility index (Phi) is 5.42. The van der Waals surface area contributed by atoms with Crippen LogP contribution >= 0.6 is 0 Å². The molecule has 8 aromatic carbocycles. The van der Waals surface area contributed by atoms with E-state index in [9.17, 15) is 0 Å². The average Bonchev–Trinajstić information content (AvgIpc) is 3.80. The maximum absolute atomic E-state index is 5.76. The van der Waals surface area contributed by atoms with Gasteiger partial charge < -0.3 is 4.40 Å². The molecule has 0 N–H and O–H groups in total. The van der Waals surface area contributed by atoms with Crippen LogP contribution in [0.5, 0.6) is 0 Å². The highest BCUT2D eigenvalue weighted by atomic mass is 15.1. The lowest BCUT2D eigenvalue weighted by molar-refractivity contribution is 0.661. The number of fused-ring (bicyclic) bond motifs is 12. The lowest BCUT2D eigenvalue weighted by Gasteiger charge is -2.22. The third-order valence-corrected chi connectivity index (χ3v) is 12.6. The molecule has 0 spiro atoms. The van der Waals surface area contributed by atoms with Gasteiger partial charge in [0.15, 0.2) is 5.82 Å². The van der Waals surface area contributed by atoms with E-state index in [1.807, 2.05) is 0 Å². The van der Waals surface area contributed by atoms with Gasteiger partial charge in [-0.15, -0.1) is 0 Å². The summed E-state index contributed by atoms with van der Waals surface area (Å²) in [5.41, 5.74) is 14.7. The molecule has 4 aromatic heterocycles. The zero-order valence-electron chi connectivity index (χ0n) is 30.3. The molecule has 12 aromatic rings. The Bertz CT molecular complexity index is 3620. The predicted octanol–water partition coefficient (Wildman–Crippen LogP) is 13.0. The van der Waals surface area contributed by atoms with Gasteiger partial charge in [0.05, 0.1) is 38.6 Å². The molecule has 256 valence electrons. The Morgan fingerprint density at radius 2 is 1.18 bits per heavy atom. The molecule has 0 saturated carbocycles. The normalized spacial score (nSPS) is 13.8. The van der Waals surface area contributed by atoms with Gasteiger partial charge in [-0.3, -0.25) is 4.57 Å². The maximum atomic E-state index is 5.76. The second-order valence-electron chi connectivity index (χ2n) is 15.7. The Labute approximate surface area is 315 Å². The highest BCUT2D eigenvalue weighted by molar-refractivity contribution is 6.33. The fourth-order valence-electron chi connectivity index (χ4n) is 10.2. The van der Waals surface area contributed by atoms with Crippen molar-refractivity contribution in [2.45, 2.75) is 19.3 Å². The summed E-state index contributed by atoms with van der Waals surface area (Å²) in [4.78, 5) is 11.3. The summed E-state index contributed by atoms with van der Waals surface area (Å²) >= 11 is 0. The number of para-hydroxylation sites is 2. The number of hydrogen-bond acceptors (Lipinski definition) is 2. The van der Waals surface area contributed by atoms with Crippen LogP contribution in [0.2, 0.25) is 0 Å². The summed E-state index contributed by atoms with van der Waals surface area (Å²) in [5.74, 6) is 0.838. The number of benzene rings is 8. The minimum atomic E-state index is -0.221. The van der Waals surface area contributed by atoms with E-state index in [-0.39, 0.29) is 5.41 Å². The number of aromatic nitrogens is 4. The molecule has 0 fully saturated rings. The third-order valence-electron chi connectivity index (χ3n) is 12.6. The van der Waals surface area contributed by atoms with Crippen molar-refractivity contribution in [3.63, 3.8) is 0 Å². The topological polar surface area (TPSA) is 35.1 Å². The van der Waals surface area contributed by atoms with Crippen LogP contribution in [0, 0.1) is 0 Å². The summed E-state index contributed by atoms with van der Waals surface area (Å²) in [5, 5.41) is 9.80. The minimum Gasteiger partial charge on any atom is -0.308 e. The highest BCUT2D eigenvalue weighted by Crippen LogP contribution is 2.56. The summed E-state index contributed by atoms with van der Waals surface area (Å²) in [6, 6.07) is 57.5. The van der Waals surface area contributed by atoms with E-state index >= 15 is 0 Å². The van der Waals surface area contributed by atoms with E-state index in [1.165, 1.54) is 76.6 Å². The fourth-order valence-corrected chi connectivity index (χ4v) is 10.2. The zero-order valence-corrected chi connectivity index (χ0v) is 30.3. The van der Waals surface area contributed by atoms with Crippen molar-refractivity contribution in [1.29, 1.82) is 0 Å². The van der Waals surface area contributed by atoms with Gasteiger partial charge >= 0.3 is 0 Å². The van der Waals surface area contributed by atoms with Gasteiger partial charge in [0.1, 0.15) is 5.69 Å². The van der Waals surface area contributed by atoms with Crippen LogP contribution in [0.15, 0.2) is 158 Å². The Morgan fingerprint density at radius 1 is 0.491 bits per heavy atom. The second-order valence-corrected chi connectivity index (χ2v) is 15.7. The molecule has 1 aliphatic rings. The van der Waals surface area contributed by atoms with Crippen molar-refractivity contribution in [2.24, 2.45) is 0 Å². The standard InChI is InChI=1S/C51H32N4/c1-51(2)37-22-10-8-19-35(37)43-38(51)28-36-34-21-12-20-33-32-18-9-11-23-40(32)54(48(33)34)41-24-13-25-42-45(41)44(36)49(43)55(42)50-46(30-15-4-3-5-16-30)52-39-27-26-29-14-6-7-17-31(29)47(39)53-50/h3-28H,1-2H3. The third kappa shape index (κ3) is 3.57. The van der Waals surface area contributed by atoms with Crippen LogP contribution in [0.25, 0.3) is 110 Å². The minimum absolute atomic E-state index is 0.221. The van der Waals surface area contributed by atoms with Crippen LogP contribution < -0.4 is 0 Å². The summed E-state index contributed by atoms with van der Waals surface area (Å²) in [6.07, 6.45) is 0. The molecule has 0 saturated heterocycles. The Balaban J connectivity index is 1.35. The first-order chi connectivity index (χ1) is 27.1. The lowest BCUT2D eigenvalue weighted by Crippen LogP contribution is -2.15. The molecular weight excluding hydrogens is 669 g/mol. The van der Waals surface area contributed by atoms with Crippen LogP contribution in [0.3, 0.4) is 0 Å². The summed E-state index contributed by atoms with van der Waals surface area (Å²) < 4.78 is 5.00. The molecule has 0 aliphatic heterocycles. The van der Waals surface area contributed by atoms with E-state index in [2.05, 4.69) is 181 Å². The van der Waals surface area contributed by atoms with Crippen LogP contribution in [-0.2, 0) is 5.41 Å². The van der Waals surface area contributed by atoms with Crippen LogP contribution in [0.4, 0.5) is 0 Å². The molecule has 55 heavy (non-hydrogen) atoms. The summed E-state index contributed by atoms with van der Waals surface area (Å²) in [7, 11) is 0. The molecule has 4 heterocycles. The Hall–Kier alpha value is -7.04. The van der Waals surface area contributed by atoms with Gasteiger partial charge in [0.2, 0.25) is 0 Å². The maximum Gasteiger partial charge on any atom is 0.165 e. The molecule has 0 unspecified atom stereocenters. The monoisotopic (exact) mass is 700 g/mol. The Morgan fingerprint density at radius 3 is 2.07 bits per heavy atom. The highest BCUT2D eigenvalue weighted by Gasteiger charge is 2.39. The first-order valence-corrected chi connectivity index (χ1v) is 19.1. The molecule has 0 amide bonds. The average molecular weight is 701 g/mol. The number of nitrogens with zero attached hydrogens (tertiary/aromatic N) is 4. The van der Waals surface area contributed by atoms with Gasteiger partial charge in [-0.1, -0.05) is 141 Å². The molecular formula is C51H32N4. The molecule has 0 atom stereocenters. The number of hydrogen-bond donors (Lipinski definition) is 0. The van der Waals surface area contributed by atoms with Gasteiger partial charge in [-0.05, 0) is 57.8 Å². The molecule has 0 bridgehead atoms. The second kappa shape index (κ2) is 10.1. The van der Waals surface area contributed by atoms with Gasteiger partial charge in [0, 0.05) is 48.9 Å². The number of rotatable bonds is 2. The van der Waals surface area contributed by atoms with Gasteiger partial charge in [0.25, 0.3) is 0 Å². The van der Waals surface area contributed by atoms with E-state index in [0.29, 0.717) is 0 Å². The van der Waals surface area contributed by atoms with Crippen molar-refractivity contribution in [3.8, 4) is 28.2 Å². The largest absolute Gasteiger partial charge is 0.308 e. The van der Waals surface area contributed by atoms with E-state index in [0.717, 1.165) is 44.4 Å².